The first-order chi connectivity index (χ1) is 8.40. The summed E-state index contributed by atoms with van der Waals surface area (Å²) in [5, 5.41) is 9.03. The van der Waals surface area contributed by atoms with Gasteiger partial charge in [0.25, 0.3) is 0 Å². The van der Waals surface area contributed by atoms with Crippen molar-refractivity contribution < 1.29 is 14.6 Å². The number of benzene rings is 1. The monoisotopic (exact) mass is 248 g/mol. The minimum Gasteiger partial charge on any atom is -0.490 e. The van der Waals surface area contributed by atoms with Crippen molar-refractivity contribution in [2.45, 2.75) is 51.6 Å². The zero-order valence-corrected chi connectivity index (χ0v) is 11.2. The molecule has 0 aliphatic carbocycles. The first-order valence-electron chi connectivity index (χ1n) is 6.41. The number of carboxylic acids is 1. The SMILES string of the molecule is CC1CCc2c(cccc2C(C)(C)CC(=O)O)O1. The molecule has 0 saturated heterocycles. The van der Waals surface area contributed by atoms with Crippen LogP contribution in [-0.2, 0) is 16.6 Å². The van der Waals surface area contributed by atoms with E-state index in [2.05, 4.69) is 6.92 Å². The summed E-state index contributed by atoms with van der Waals surface area (Å²) in [5.74, 6) is 0.160. The fourth-order valence-electron chi connectivity index (χ4n) is 2.66. The Labute approximate surface area is 108 Å². The van der Waals surface area contributed by atoms with E-state index in [1.54, 1.807) is 0 Å². The molecule has 1 unspecified atom stereocenters. The van der Waals surface area contributed by atoms with E-state index in [-0.39, 0.29) is 17.9 Å². The number of carboxylic acid groups (broad SMARTS) is 1. The van der Waals surface area contributed by atoms with Crippen LogP contribution >= 0.6 is 0 Å². The highest BCUT2D eigenvalue weighted by Gasteiger charge is 2.29. The van der Waals surface area contributed by atoms with Gasteiger partial charge in [0, 0.05) is 5.41 Å². The predicted molar refractivity (Wildman–Crippen MR) is 70.1 cm³/mol. The Morgan fingerprint density at radius 1 is 1.50 bits per heavy atom. The van der Waals surface area contributed by atoms with E-state index in [1.807, 2.05) is 32.0 Å². The van der Waals surface area contributed by atoms with Crippen LogP contribution in [0.4, 0.5) is 0 Å². The summed E-state index contributed by atoms with van der Waals surface area (Å²) >= 11 is 0. The van der Waals surface area contributed by atoms with Gasteiger partial charge in [-0.2, -0.15) is 0 Å². The van der Waals surface area contributed by atoms with Gasteiger partial charge in [0.1, 0.15) is 5.75 Å². The number of fused-ring (bicyclic) bond motifs is 1. The molecule has 1 aromatic rings. The van der Waals surface area contributed by atoms with Crippen LogP contribution in [0.5, 0.6) is 5.75 Å². The minimum atomic E-state index is -0.761. The molecule has 0 bridgehead atoms. The largest absolute Gasteiger partial charge is 0.490 e. The van der Waals surface area contributed by atoms with E-state index in [0.717, 1.165) is 24.2 Å². The third-order valence-electron chi connectivity index (χ3n) is 3.58. The molecule has 1 heterocycles. The van der Waals surface area contributed by atoms with Crippen molar-refractivity contribution in [3.63, 3.8) is 0 Å². The normalized spacial score (nSPS) is 18.9. The van der Waals surface area contributed by atoms with Gasteiger partial charge in [-0.05, 0) is 37.0 Å². The number of carbonyl (C=O) groups is 1. The Balaban J connectivity index is 2.40. The number of ether oxygens (including phenoxy) is 1. The molecule has 1 atom stereocenters. The molecule has 1 aromatic carbocycles. The summed E-state index contributed by atoms with van der Waals surface area (Å²) in [5.41, 5.74) is 1.93. The van der Waals surface area contributed by atoms with Crippen molar-refractivity contribution in [2.75, 3.05) is 0 Å². The van der Waals surface area contributed by atoms with Crippen LogP contribution in [0.25, 0.3) is 0 Å². The average Bonchev–Trinajstić information content (AvgIpc) is 2.26. The zero-order chi connectivity index (χ0) is 13.3. The Bertz CT molecular complexity index is 463. The molecule has 2 rings (SSSR count). The second kappa shape index (κ2) is 4.63. The van der Waals surface area contributed by atoms with Crippen molar-refractivity contribution in [1.82, 2.24) is 0 Å². The summed E-state index contributed by atoms with van der Waals surface area (Å²) in [7, 11) is 0. The summed E-state index contributed by atoms with van der Waals surface area (Å²) < 4.78 is 5.83. The molecule has 18 heavy (non-hydrogen) atoms. The number of hydrogen-bond donors (Lipinski definition) is 1. The fourth-order valence-corrected chi connectivity index (χ4v) is 2.66. The maximum absolute atomic E-state index is 11.0. The van der Waals surface area contributed by atoms with Crippen LogP contribution < -0.4 is 4.74 Å². The van der Waals surface area contributed by atoms with Gasteiger partial charge in [-0.25, -0.2) is 0 Å². The molecule has 98 valence electrons. The van der Waals surface area contributed by atoms with Crippen LogP contribution in [-0.4, -0.2) is 17.2 Å². The highest BCUT2D eigenvalue weighted by molar-refractivity contribution is 5.69. The van der Waals surface area contributed by atoms with E-state index >= 15 is 0 Å². The van der Waals surface area contributed by atoms with Crippen molar-refractivity contribution in [1.29, 1.82) is 0 Å². The molecule has 3 nitrogen and oxygen atoms in total. The van der Waals surface area contributed by atoms with E-state index in [1.165, 1.54) is 5.56 Å². The standard InChI is InChI=1S/C15H20O3/c1-10-7-8-11-12(5-4-6-13(11)18-10)15(2,3)9-14(16)17/h4-6,10H,7-9H2,1-3H3,(H,16,17). The van der Waals surface area contributed by atoms with Gasteiger partial charge in [0.05, 0.1) is 12.5 Å². The maximum atomic E-state index is 11.0. The number of aliphatic carboxylic acids is 1. The Kier molecular flexibility index (Phi) is 3.33. The molecule has 0 spiro atoms. The highest BCUT2D eigenvalue weighted by atomic mass is 16.5. The molecule has 1 aliphatic heterocycles. The van der Waals surface area contributed by atoms with E-state index in [9.17, 15) is 4.79 Å². The molecule has 1 aliphatic rings. The van der Waals surface area contributed by atoms with Gasteiger partial charge in [-0.15, -0.1) is 0 Å². The lowest BCUT2D eigenvalue weighted by molar-refractivity contribution is -0.138. The van der Waals surface area contributed by atoms with E-state index in [4.69, 9.17) is 9.84 Å². The van der Waals surface area contributed by atoms with Crippen LogP contribution in [0, 0.1) is 0 Å². The van der Waals surface area contributed by atoms with Crippen LogP contribution in [0.15, 0.2) is 18.2 Å². The Morgan fingerprint density at radius 3 is 2.89 bits per heavy atom. The molecule has 0 radical (unpaired) electrons. The van der Waals surface area contributed by atoms with Gasteiger partial charge in [0.15, 0.2) is 0 Å². The first-order valence-corrected chi connectivity index (χ1v) is 6.41. The molecule has 0 fully saturated rings. The molecule has 0 amide bonds. The molecule has 3 heteroatoms. The molecule has 1 N–H and O–H groups in total. The van der Waals surface area contributed by atoms with Gasteiger partial charge < -0.3 is 9.84 Å². The zero-order valence-electron chi connectivity index (χ0n) is 11.2. The highest BCUT2D eigenvalue weighted by Crippen LogP contribution is 2.37. The maximum Gasteiger partial charge on any atom is 0.304 e. The van der Waals surface area contributed by atoms with Crippen LogP contribution in [0.3, 0.4) is 0 Å². The van der Waals surface area contributed by atoms with Crippen molar-refractivity contribution in [3.05, 3.63) is 29.3 Å². The quantitative estimate of drug-likeness (QED) is 0.893. The minimum absolute atomic E-state index is 0.138. The molecular formula is C15H20O3. The van der Waals surface area contributed by atoms with Crippen molar-refractivity contribution >= 4 is 5.97 Å². The number of hydrogen-bond acceptors (Lipinski definition) is 2. The smallest absolute Gasteiger partial charge is 0.304 e. The first kappa shape index (κ1) is 12.9. The summed E-state index contributed by atoms with van der Waals surface area (Å²) in [6, 6.07) is 5.96. The summed E-state index contributed by atoms with van der Waals surface area (Å²) in [6.45, 7) is 6.03. The van der Waals surface area contributed by atoms with Crippen LogP contribution in [0.2, 0.25) is 0 Å². The second-order valence-corrected chi connectivity index (χ2v) is 5.70. The van der Waals surface area contributed by atoms with Crippen LogP contribution in [0.1, 0.15) is 44.7 Å². The Hall–Kier alpha value is -1.51. The van der Waals surface area contributed by atoms with E-state index < -0.39 is 5.97 Å². The van der Waals surface area contributed by atoms with Crippen molar-refractivity contribution in [3.8, 4) is 5.75 Å². The number of rotatable bonds is 3. The lowest BCUT2D eigenvalue weighted by atomic mass is 9.77. The lowest BCUT2D eigenvalue weighted by Crippen LogP contribution is -2.26. The predicted octanol–water partition coefficient (Wildman–Crippen LogP) is 3.15. The topological polar surface area (TPSA) is 46.5 Å². The van der Waals surface area contributed by atoms with Crippen molar-refractivity contribution in [2.24, 2.45) is 0 Å². The molecular weight excluding hydrogens is 228 g/mol. The Morgan fingerprint density at radius 2 is 2.22 bits per heavy atom. The van der Waals surface area contributed by atoms with Gasteiger partial charge in [-0.3, -0.25) is 4.79 Å². The van der Waals surface area contributed by atoms with Gasteiger partial charge in [0.2, 0.25) is 0 Å². The molecule has 0 aromatic heterocycles. The second-order valence-electron chi connectivity index (χ2n) is 5.70. The fraction of sp³-hybridized carbons (Fsp3) is 0.533. The van der Waals surface area contributed by atoms with E-state index in [0.29, 0.717) is 0 Å². The molecule has 0 saturated carbocycles. The average molecular weight is 248 g/mol. The summed E-state index contributed by atoms with van der Waals surface area (Å²) in [4.78, 5) is 11.0. The summed E-state index contributed by atoms with van der Waals surface area (Å²) in [6.07, 6.45) is 2.34. The third kappa shape index (κ3) is 2.50. The van der Waals surface area contributed by atoms with Gasteiger partial charge >= 0.3 is 5.97 Å². The lowest BCUT2D eigenvalue weighted by Gasteiger charge is -2.31. The van der Waals surface area contributed by atoms with Gasteiger partial charge in [-0.1, -0.05) is 26.0 Å². The third-order valence-corrected chi connectivity index (χ3v) is 3.58.